The molecule has 1 aromatic heterocycles. The Hall–Kier alpha value is -1.56. The molecule has 16 heavy (non-hydrogen) atoms. The van der Waals surface area contributed by atoms with Gasteiger partial charge in [-0.25, -0.2) is 4.98 Å². The minimum atomic E-state index is 0.164. The van der Waals surface area contributed by atoms with Crippen molar-refractivity contribution in [1.82, 2.24) is 4.98 Å². The van der Waals surface area contributed by atoms with Gasteiger partial charge in [-0.1, -0.05) is 20.8 Å². The van der Waals surface area contributed by atoms with Gasteiger partial charge < -0.3 is 4.90 Å². The highest BCUT2D eigenvalue weighted by molar-refractivity contribution is 5.55. The van der Waals surface area contributed by atoms with Crippen molar-refractivity contribution in [2.75, 3.05) is 11.9 Å². The highest BCUT2D eigenvalue weighted by Crippen LogP contribution is 2.28. The van der Waals surface area contributed by atoms with E-state index < -0.39 is 0 Å². The van der Waals surface area contributed by atoms with Crippen LogP contribution in [-0.4, -0.2) is 18.1 Å². The molecule has 0 aliphatic rings. The largest absolute Gasteiger partial charge is 0.369 e. The fourth-order valence-electron chi connectivity index (χ4n) is 1.56. The van der Waals surface area contributed by atoms with Gasteiger partial charge in [-0.2, -0.15) is 5.26 Å². The second-order valence-electron chi connectivity index (χ2n) is 5.14. The molecule has 0 radical (unpaired) electrons. The third-order valence-corrected chi connectivity index (χ3v) is 3.11. The van der Waals surface area contributed by atoms with Crippen LogP contribution < -0.4 is 4.90 Å². The first kappa shape index (κ1) is 12.5. The molecule has 3 heteroatoms. The van der Waals surface area contributed by atoms with Crippen LogP contribution in [0.4, 0.5) is 5.69 Å². The van der Waals surface area contributed by atoms with Crippen molar-refractivity contribution < 1.29 is 0 Å². The number of aromatic nitrogens is 1. The van der Waals surface area contributed by atoms with Gasteiger partial charge in [0, 0.05) is 19.3 Å². The zero-order valence-corrected chi connectivity index (χ0v) is 10.7. The first-order valence-electron chi connectivity index (χ1n) is 5.46. The zero-order valence-electron chi connectivity index (χ0n) is 10.7. The Bertz CT molecular complexity index is 398. The molecule has 1 heterocycles. The first-order valence-corrected chi connectivity index (χ1v) is 5.46. The minimum absolute atomic E-state index is 0.164. The predicted molar refractivity (Wildman–Crippen MR) is 66.3 cm³/mol. The lowest BCUT2D eigenvalue weighted by molar-refractivity contribution is 0.329. The van der Waals surface area contributed by atoms with Crippen LogP contribution in [0.5, 0.6) is 0 Å². The number of nitrogens with zero attached hydrogens (tertiary/aromatic N) is 3. The van der Waals surface area contributed by atoms with Crippen LogP contribution in [0.2, 0.25) is 0 Å². The summed E-state index contributed by atoms with van der Waals surface area (Å²) < 4.78 is 0. The molecule has 0 fully saturated rings. The maximum absolute atomic E-state index is 9.01. The normalized spacial score (nSPS) is 13.0. The van der Waals surface area contributed by atoms with Crippen molar-refractivity contribution in [2.45, 2.75) is 33.7 Å². The average molecular weight is 217 g/mol. The lowest BCUT2D eigenvalue weighted by Gasteiger charge is -2.36. The molecular formula is C13H19N3. The molecule has 1 aromatic rings. The number of pyridine rings is 1. The summed E-state index contributed by atoms with van der Waals surface area (Å²) in [7, 11) is 2.01. The van der Waals surface area contributed by atoms with E-state index >= 15 is 0 Å². The van der Waals surface area contributed by atoms with E-state index in [1.807, 2.05) is 19.2 Å². The zero-order chi connectivity index (χ0) is 12.3. The van der Waals surface area contributed by atoms with Gasteiger partial charge in [0.15, 0.2) is 5.69 Å². The summed E-state index contributed by atoms with van der Waals surface area (Å²) >= 11 is 0. The van der Waals surface area contributed by atoms with E-state index in [1.54, 1.807) is 6.20 Å². The summed E-state index contributed by atoms with van der Waals surface area (Å²) in [4.78, 5) is 6.20. The molecule has 0 spiro atoms. The van der Waals surface area contributed by atoms with Gasteiger partial charge in [0.05, 0.1) is 5.69 Å². The Kier molecular flexibility index (Phi) is 3.54. The van der Waals surface area contributed by atoms with E-state index in [9.17, 15) is 0 Å². The Morgan fingerprint density at radius 1 is 1.44 bits per heavy atom. The van der Waals surface area contributed by atoms with Crippen LogP contribution in [0.15, 0.2) is 18.3 Å². The summed E-state index contributed by atoms with van der Waals surface area (Å²) in [5.74, 6) is 0. The summed E-state index contributed by atoms with van der Waals surface area (Å²) in [6, 6.07) is 6.27. The third-order valence-electron chi connectivity index (χ3n) is 3.11. The molecule has 0 saturated carbocycles. The molecule has 0 amide bonds. The van der Waals surface area contributed by atoms with E-state index in [4.69, 9.17) is 5.26 Å². The van der Waals surface area contributed by atoms with Gasteiger partial charge in [-0.05, 0) is 24.5 Å². The van der Waals surface area contributed by atoms with Crippen LogP contribution in [-0.2, 0) is 0 Å². The Morgan fingerprint density at radius 3 is 2.56 bits per heavy atom. The summed E-state index contributed by atoms with van der Waals surface area (Å²) in [6.07, 6.45) is 1.65. The van der Waals surface area contributed by atoms with E-state index in [0.717, 1.165) is 5.69 Å². The second kappa shape index (κ2) is 4.52. The lowest BCUT2D eigenvalue weighted by Crippen LogP contribution is -2.39. The highest BCUT2D eigenvalue weighted by Gasteiger charge is 2.25. The fraction of sp³-hybridized carbons (Fsp3) is 0.538. The Morgan fingerprint density at radius 2 is 2.06 bits per heavy atom. The quantitative estimate of drug-likeness (QED) is 0.764. The molecule has 1 unspecified atom stereocenters. The molecule has 86 valence electrons. The van der Waals surface area contributed by atoms with Crippen LogP contribution in [0.1, 0.15) is 33.4 Å². The van der Waals surface area contributed by atoms with Gasteiger partial charge in [0.1, 0.15) is 6.07 Å². The highest BCUT2D eigenvalue weighted by atomic mass is 15.1. The smallest absolute Gasteiger partial charge is 0.163 e. The van der Waals surface area contributed by atoms with Crippen LogP contribution in [0.25, 0.3) is 0 Å². The topological polar surface area (TPSA) is 39.9 Å². The average Bonchev–Trinajstić information content (AvgIpc) is 2.25. The number of anilines is 1. The molecule has 1 rings (SSSR count). The molecule has 1 atom stereocenters. The van der Waals surface area contributed by atoms with Gasteiger partial charge in [0.25, 0.3) is 0 Å². The molecule has 0 aliphatic heterocycles. The van der Waals surface area contributed by atoms with Gasteiger partial charge in [0.2, 0.25) is 0 Å². The van der Waals surface area contributed by atoms with Crippen molar-refractivity contribution in [3.8, 4) is 6.07 Å². The number of nitriles is 1. The SMILES string of the molecule is CC(N(C)c1cccnc1C#N)C(C)(C)C. The monoisotopic (exact) mass is 217 g/mol. The van der Waals surface area contributed by atoms with Gasteiger partial charge in [-0.15, -0.1) is 0 Å². The van der Waals surface area contributed by atoms with E-state index in [2.05, 4.69) is 43.6 Å². The van der Waals surface area contributed by atoms with Crippen molar-refractivity contribution in [1.29, 1.82) is 5.26 Å². The number of hydrogen-bond acceptors (Lipinski definition) is 3. The Balaban J connectivity index is 3.06. The standard InChI is InChI=1S/C13H19N3/c1-10(13(2,3)4)16(5)12-7-6-8-15-11(12)9-14/h6-8,10H,1-5H3. The molecule has 0 aliphatic carbocycles. The Labute approximate surface area is 97.7 Å². The van der Waals surface area contributed by atoms with Crippen LogP contribution in [0, 0.1) is 16.7 Å². The summed E-state index contributed by atoms with van der Waals surface area (Å²) in [6.45, 7) is 8.73. The van der Waals surface area contributed by atoms with E-state index in [-0.39, 0.29) is 5.41 Å². The van der Waals surface area contributed by atoms with Crippen LogP contribution in [0.3, 0.4) is 0 Å². The summed E-state index contributed by atoms with van der Waals surface area (Å²) in [5, 5.41) is 9.01. The van der Waals surface area contributed by atoms with Crippen molar-refractivity contribution in [2.24, 2.45) is 5.41 Å². The lowest BCUT2D eigenvalue weighted by atomic mass is 9.87. The van der Waals surface area contributed by atoms with Crippen molar-refractivity contribution >= 4 is 5.69 Å². The van der Waals surface area contributed by atoms with Gasteiger partial charge >= 0.3 is 0 Å². The molecule has 0 N–H and O–H groups in total. The van der Waals surface area contributed by atoms with Gasteiger partial charge in [-0.3, -0.25) is 0 Å². The minimum Gasteiger partial charge on any atom is -0.369 e. The molecule has 0 aromatic carbocycles. The van der Waals surface area contributed by atoms with Crippen molar-refractivity contribution in [3.63, 3.8) is 0 Å². The number of rotatable bonds is 2. The molecular weight excluding hydrogens is 198 g/mol. The maximum atomic E-state index is 9.01. The predicted octanol–water partition coefficient (Wildman–Crippen LogP) is 2.82. The molecule has 3 nitrogen and oxygen atoms in total. The fourth-order valence-corrected chi connectivity index (χ4v) is 1.56. The van der Waals surface area contributed by atoms with E-state index in [0.29, 0.717) is 11.7 Å². The number of hydrogen-bond donors (Lipinski definition) is 0. The third kappa shape index (κ3) is 2.52. The molecule has 0 bridgehead atoms. The van der Waals surface area contributed by atoms with Crippen LogP contribution >= 0.6 is 0 Å². The van der Waals surface area contributed by atoms with Crippen molar-refractivity contribution in [3.05, 3.63) is 24.0 Å². The second-order valence-corrected chi connectivity index (χ2v) is 5.14. The van der Waals surface area contributed by atoms with E-state index in [1.165, 1.54) is 0 Å². The first-order chi connectivity index (χ1) is 7.38. The maximum Gasteiger partial charge on any atom is 0.163 e. The molecule has 0 saturated heterocycles. The summed E-state index contributed by atoms with van der Waals surface area (Å²) in [5.41, 5.74) is 1.55.